The highest BCUT2D eigenvalue weighted by Crippen LogP contribution is 2.19. The van der Waals surface area contributed by atoms with Crippen molar-refractivity contribution in [1.82, 2.24) is 0 Å². The molecule has 0 bridgehead atoms. The molecule has 14 heavy (non-hydrogen) atoms. The largest absolute Gasteiger partial charge is 0.433 e. The highest BCUT2D eigenvalue weighted by Gasteiger charge is 2.36. The van der Waals surface area contributed by atoms with Crippen LogP contribution in [0.2, 0.25) is 0 Å². The Morgan fingerprint density at radius 3 is 2.57 bits per heavy atom. The third-order valence-corrected chi connectivity index (χ3v) is 2.26. The van der Waals surface area contributed by atoms with Crippen LogP contribution in [0, 0.1) is 0 Å². The Bertz CT molecular complexity index is 372. The number of cyclic esters (lactones) is 1. The number of carbonyl (C=O) groups excluding carboxylic acids is 1. The van der Waals surface area contributed by atoms with E-state index in [4.69, 9.17) is 10.5 Å². The molecule has 0 fully saturated rings. The molecule has 0 aliphatic carbocycles. The van der Waals surface area contributed by atoms with Crippen LogP contribution in [0.4, 0.5) is 0 Å². The zero-order valence-corrected chi connectivity index (χ0v) is 7.64. The maximum atomic E-state index is 11.3. The molecule has 1 unspecified atom stereocenters. The fourth-order valence-electron chi connectivity index (χ4n) is 1.46. The lowest BCUT2D eigenvalue weighted by Gasteiger charge is -2.17. The van der Waals surface area contributed by atoms with Gasteiger partial charge in [0.1, 0.15) is 5.54 Å². The van der Waals surface area contributed by atoms with Gasteiger partial charge < -0.3 is 10.5 Å². The summed E-state index contributed by atoms with van der Waals surface area (Å²) < 4.78 is 4.70. The minimum Gasteiger partial charge on any atom is -0.433 e. The predicted molar refractivity (Wildman–Crippen MR) is 52.3 cm³/mol. The Labute approximate surface area is 82.2 Å². The number of esters is 1. The molecule has 3 heteroatoms. The van der Waals surface area contributed by atoms with Crippen molar-refractivity contribution in [3.8, 4) is 0 Å². The number of hydrogen-bond acceptors (Lipinski definition) is 3. The van der Waals surface area contributed by atoms with E-state index in [1.54, 1.807) is 6.08 Å². The van der Waals surface area contributed by atoms with Gasteiger partial charge in [0.2, 0.25) is 0 Å². The first-order valence-electron chi connectivity index (χ1n) is 4.42. The number of carbonyl (C=O) groups is 1. The molecule has 0 saturated heterocycles. The van der Waals surface area contributed by atoms with E-state index in [9.17, 15) is 4.79 Å². The van der Waals surface area contributed by atoms with Crippen molar-refractivity contribution in [1.29, 1.82) is 0 Å². The minimum atomic E-state index is -0.985. The SMILES string of the molecule is NC1(Cc2ccccc2)C=COC1=O. The molecule has 72 valence electrons. The van der Waals surface area contributed by atoms with Crippen molar-refractivity contribution < 1.29 is 9.53 Å². The summed E-state index contributed by atoms with van der Waals surface area (Å²) in [6, 6.07) is 9.64. The van der Waals surface area contributed by atoms with Gasteiger partial charge in [0.15, 0.2) is 0 Å². The smallest absolute Gasteiger partial charge is 0.335 e. The third kappa shape index (κ3) is 1.54. The van der Waals surface area contributed by atoms with Crippen LogP contribution >= 0.6 is 0 Å². The first kappa shape index (κ1) is 8.97. The van der Waals surface area contributed by atoms with Gasteiger partial charge in [-0.3, -0.25) is 0 Å². The number of rotatable bonds is 2. The van der Waals surface area contributed by atoms with Crippen LogP contribution in [0.15, 0.2) is 42.7 Å². The van der Waals surface area contributed by atoms with Gasteiger partial charge in [0, 0.05) is 6.42 Å². The van der Waals surface area contributed by atoms with Crippen molar-refractivity contribution in [3.05, 3.63) is 48.2 Å². The highest BCUT2D eigenvalue weighted by atomic mass is 16.5. The number of hydrogen-bond donors (Lipinski definition) is 1. The molecule has 0 amide bonds. The molecule has 3 nitrogen and oxygen atoms in total. The van der Waals surface area contributed by atoms with Crippen LogP contribution in [-0.2, 0) is 16.0 Å². The van der Waals surface area contributed by atoms with Gasteiger partial charge in [-0.05, 0) is 11.6 Å². The maximum Gasteiger partial charge on any atom is 0.335 e. The van der Waals surface area contributed by atoms with E-state index >= 15 is 0 Å². The lowest BCUT2D eigenvalue weighted by atomic mass is 9.93. The molecular weight excluding hydrogens is 178 g/mol. The molecule has 2 rings (SSSR count). The van der Waals surface area contributed by atoms with Crippen molar-refractivity contribution in [2.75, 3.05) is 0 Å². The Hall–Kier alpha value is -1.61. The molecule has 1 aromatic carbocycles. The first-order valence-corrected chi connectivity index (χ1v) is 4.42. The zero-order valence-electron chi connectivity index (χ0n) is 7.64. The van der Waals surface area contributed by atoms with Gasteiger partial charge in [0.25, 0.3) is 0 Å². The predicted octanol–water partition coefficient (Wildman–Crippen LogP) is 0.997. The van der Waals surface area contributed by atoms with Crippen LogP contribution < -0.4 is 5.73 Å². The molecule has 1 heterocycles. The van der Waals surface area contributed by atoms with E-state index < -0.39 is 5.54 Å². The summed E-state index contributed by atoms with van der Waals surface area (Å²) in [4.78, 5) is 11.3. The first-order chi connectivity index (χ1) is 6.71. The molecule has 1 aromatic rings. The van der Waals surface area contributed by atoms with Crippen molar-refractivity contribution >= 4 is 5.97 Å². The van der Waals surface area contributed by atoms with Crippen LogP contribution in [0.1, 0.15) is 5.56 Å². The van der Waals surface area contributed by atoms with Crippen LogP contribution in [0.25, 0.3) is 0 Å². The fraction of sp³-hybridized carbons (Fsp3) is 0.182. The lowest BCUT2D eigenvalue weighted by Crippen LogP contribution is -2.46. The molecule has 1 aliphatic heterocycles. The molecule has 1 atom stereocenters. The van der Waals surface area contributed by atoms with Crippen LogP contribution in [-0.4, -0.2) is 11.5 Å². The molecule has 0 spiro atoms. The van der Waals surface area contributed by atoms with Gasteiger partial charge in [-0.25, -0.2) is 4.79 Å². The quantitative estimate of drug-likeness (QED) is 0.706. The van der Waals surface area contributed by atoms with E-state index in [0.717, 1.165) is 5.56 Å². The Kier molecular flexibility index (Phi) is 2.09. The van der Waals surface area contributed by atoms with Gasteiger partial charge >= 0.3 is 5.97 Å². The van der Waals surface area contributed by atoms with E-state index in [2.05, 4.69) is 0 Å². The fourth-order valence-corrected chi connectivity index (χ4v) is 1.46. The number of benzene rings is 1. The maximum absolute atomic E-state index is 11.3. The minimum absolute atomic E-state index is 0.388. The summed E-state index contributed by atoms with van der Waals surface area (Å²) >= 11 is 0. The molecule has 0 saturated carbocycles. The second kappa shape index (κ2) is 3.27. The van der Waals surface area contributed by atoms with Crippen LogP contribution in [0.5, 0.6) is 0 Å². The molecule has 1 aliphatic rings. The molecule has 0 radical (unpaired) electrons. The van der Waals surface area contributed by atoms with E-state index in [1.807, 2.05) is 30.3 Å². The summed E-state index contributed by atoms with van der Waals surface area (Å²) in [5.41, 5.74) is 5.91. The van der Waals surface area contributed by atoms with Gasteiger partial charge in [0.05, 0.1) is 6.26 Å². The second-order valence-corrected chi connectivity index (χ2v) is 3.41. The Balaban J connectivity index is 2.19. The molecule has 0 aromatic heterocycles. The van der Waals surface area contributed by atoms with E-state index in [0.29, 0.717) is 6.42 Å². The standard InChI is InChI=1S/C11H11NO2/c12-11(6-7-14-10(11)13)8-9-4-2-1-3-5-9/h1-7H,8,12H2. The van der Waals surface area contributed by atoms with Crippen LogP contribution in [0.3, 0.4) is 0 Å². The number of nitrogens with two attached hydrogens (primary N) is 1. The average Bonchev–Trinajstić information content (AvgIpc) is 2.48. The zero-order chi connectivity index (χ0) is 10.0. The lowest BCUT2D eigenvalue weighted by molar-refractivity contribution is -0.140. The summed E-state index contributed by atoms with van der Waals surface area (Å²) in [6.45, 7) is 0. The number of ether oxygens (including phenoxy) is 1. The average molecular weight is 189 g/mol. The topological polar surface area (TPSA) is 52.3 Å². The van der Waals surface area contributed by atoms with E-state index in [-0.39, 0.29) is 5.97 Å². The Morgan fingerprint density at radius 1 is 1.29 bits per heavy atom. The van der Waals surface area contributed by atoms with Gasteiger partial charge in [-0.2, -0.15) is 0 Å². The monoisotopic (exact) mass is 189 g/mol. The van der Waals surface area contributed by atoms with Crippen molar-refractivity contribution in [2.24, 2.45) is 5.73 Å². The summed E-state index contributed by atoms with van der Waals surface area (Å²) in [7, 11) is 0. The normalized spacial score (nSPS) is 25.1. The third-order valence-electron chi connectivity index (χ3n) is 2.26. The molecular formula is C11H11NO2. The second-order valence-electron chi connectivity index (χ2n) is 3.41. The van der Waals surface area contributed by atoms with Gasteiger partial charge in [-0.1, -0.05) is 30.3 Å². The highest BCUT2D eigenvalue weighted by molar-refractivity contribution is 5.86. The summed E-state index contributed by atoms with van der Waals surface area (Å²) in [5.74, 6) is -0.388. The summed E-state index contributed by atoms with van der Waals surface area (Å²) in [5, 5.41) is 0. The van der Waals surface area contributed by atoms with E-state index in [1.165, 1.54) is 6.26 Å². The summed E-state index contributed by atoms with van der Waals surface area (Å²) in [6.07, 6.45) is 3.43. The van der Waals surface area contributed by atoms with Crippen molar-refractivity contribution in [3.63, 3.8) is 0 Å². The van der Waals surface area contributed by atoms with Crippen molar-refractivity contribution in [2.45, 2.75) is 12.0 Å². The van der Waals surface area contributed by atoms with Gasteiger partial charge in [-0.15, -0.1) is 0 Å². The Morgan fingerprint density at radius 2 is 2.00 bits per heavy atom. The molecule has 2 N–H and O–H groups in total.